The van der Waals surface area contributed by atoms with E-state index in [4.69, 9.17) is 0 Å². The van der Waals surface area contributed by atoms with Crippen molar-refractivity contribution >= 4 is 21.6 Å². The van der Waals surface area contributed by atoms with E-state index < -0.39 is 0 Å². The van der Waals surface area contributed by atoms with Crippen LogP contribution < -0.4 is 5.32 Å². The Hall–Kier alpha value is -0.500. The molecule has 0 aromatic heterocycles. The number of hydrogen-bond donors (Lipinski definition) is 1. The molecular formula is C15H24BrN. The summed E-state index contributed by atoms with van der Waals surface area (Å²) in [6.07, 6.45) is 3.67. The summed E-state index contributed by atoms with van der Waals surface area (Å²) >= 11 is 3.66. The van der Waals surface area contributed by atoms with Crippen LogP contribution in [0, 0.1) is 12.8 Å². The molecule has 0 saturated carbocycles. The molecule has 1 aromatic rings. The van der Waals surface area contributed by atoms with Gasteiger partial charge in [-0.2, -0.15) is 0 Å². The van der Waals surface area contributed by atoms with E-state index in [1.807, 2.05) is 0 Å². The van der Waals surface area contributed by atoms with Crippen molar-refractivity contribution in [2.24, 2.45) is 5.92 Å². The van der Waals surface area contributed by atoms with Crippen LogP contribution in [0.25, 0.3) is 0 Å². The fourth-order valence-electron chi connectivity index (χ4n) is 1.96. The summed E-state index contributed by atoms with van der Waals surface area (Å²) in [6.45, 7) is 8.98. The Bertz CT molecular complexity index is 349. The second kappa shape index (κ2) is 7.05. The lowest BCUT2D eigenvalue weighted by Gasteiger charge is -2.22. The minimum absolute atomic E-state index is 0.572. The first-order valence-electron chi connectivity index (χ1n) is 6.60. The molecule has 96 valence electrons. The van der Waals surface area contributed by atoms with Crippen molar-refractivity contribution in [2.45, 2.75) is 53.0 Å². The zero-order chi connectivity index (χ0) is 12.8. The van der Waals surface area contributed by atoms with E-state index in [0.29, 0.717) is 6.04 Å². The van der Waals surface area contributed by atoms with Gasteiger partial charge in [0.1, 0.15) is 0 Å². The zero-order valence-electron chi connectivity index (χ0n) is 11.4. The van der Waals surface area contributed by atoms with Gasteiger partial charge in [0.2, 0.25) is 0 Å². The number of nitrogens with one attached hydrogen (secondary N) is 1. The Labute approximate surface area is 114 Å². The predicted molar refractivity (Wildman–Crippen MR) is 80.7 cm³/mol. The van der Waals surface area contributed by atoms with Gasteiger partial charge in [-0.1, -0.05) is 39.3 Å². The molecule has 2 heteroatoms. The highest BCUT2D eigenvalue weighted by molar-refractivity contribution is 9.10. The minimum atomic E-state index is 0.572. The molecule has 0 radical (unpaired) electrons. The molecule has 0 bridgehead atoms. The van der Waals surface area contributed by atoms with Crippen molar-refractivity contribution in [3.05, 3.63) is 28.2 Å². The largest absolute Gasteiger partial charge is 0.381 e. The molecule has 0 fully saturated rings. The van der Waals surface area contributed by atoms with E-state index in [-0.39, 0.29) is 0 Å². The molecule has 0 aliphatic carbocycles. The van der Waals surface area contributed by atoms with Crippen LogP contribution in [0.1, 0.15) is 45.6 Å². The number of rotatable bonds is 6. The number of aryl methyl sites for hydroxylation is 1. The van der Waals surface area contributed by atoms with Gasteiger partial charge in [-0.25, -0.2) is 0 Å². The molecule has 2 unspecified atom stereocenters. The molecule has 0 aliphatic rings. The summed E-state index contributed by atoms with van der Waals surface area (Å²) in [5.41, 5.74) is 2.51. The summed E-state index contributed by atoms with van der Waals surface area (Å²) in [5.74, 6) is 0.788. The van der Waals surface area contributed by atoms with Gasteiger partial charge in [0, 0.05) is 16.2 Å². The Morgan fingerprint density at radius 2 is 1.94 bits per heavy atom. The first-order valence-corrected chi connectivity index (χ1v) is 7.39. The molecule has 1 nitrogen and oxygen atoms in total. The van der Waals surface area contributed by atoms with Crippen molar-refractivity contribution < 1.29 is 0 Å². The maximum Gasteiger partial charge on any atom is 0.0489 e. The Morgan fingerprint density at radius 3 is 2.53 bits per heavy atom. The molecule has 0 amide bonds. The highest BCUT2D eigenvalue weighted by Gasteiger charge is 2.12. The average Bonchev–Trinajstić information content (AvgIpc) is 2.33. The first kappa shape index (κ1) is 14.6. The number of benzene rings is 1. The van der Waals surface area contributed by atoms with E-state index in [2.05, 4.69) is 67.1 Å². The van der Waals surface area contributed by atoms with Crippen LogP contribution >= 0.6 is 15.9 Å². The third-order valence-electron chi connectivity index (χ3n) is 3.43. The van der Waals surface area contributed by atoms with Crippen molar-refractivity contribution in [3.63, 3.8) is 0 Å². The predicted octanol–water partition coefficient (Wildman–Crippen LogP) is 5.38. The molecule has 0 heterocycles. The molecule has 0 aliphatic heterocycles. The minimum Gasteiger partial charge on any atom is -0.381 e. The zero-order valence-corrected chi connectivity index (χ0v) is 13.0. The first-order chi connectivity index (χ1) is 8.08. The van der Waals surface area contributed by atoms with Crippen LogP contribution in [0.2, 0.25) is 0 Å². The van der Waals surface area contributed by atoms with Crippen LogP contribution in [0.3, 0.4) is 0 Å². The van der Waals surface area contributed by atoms with Crippen molar-refractivity contribution in [1.29, 1.82) is 0 Å². The van der Waals surface area contributed by atoms with Crippen LogP contribution in [-0.4, -0.2) is 6.04 Å². The van der Waals surface area contributed by atoms with E-state index in [1.165, 1.54) is 35.0 Å². The second-order valence-corrected chi connectivity index (χ2v) is 5.73. The molecule has 1 N–H and O–H groups in total. The number of anilines is 1. The summed E-state index contributed by atoms with van der Waals surface area (Å²) in [5, 5.41) is 3.66. The van der Waals surface area contributed by atoms with Crippen LogP contribution in [0.4, 0.5) is 5.69 Å². The molecule has 1 rings (SSSR count). The smallest absolute Gasteiger partial charge is 0.0489 e. The lowest BCUT2D eigenvalue weighted by Crippen LogP contribution is -2.21. The number of hydrogen-bond acceptors (Lipinski definition) is 1. The Kier molecular flexibility index (Phi) is 6.04. The monoisotopic (exact) mass is 297 g/mol. The summed E-state index contributed by atoms with van der Waals surface area (Å²) in [7, 11) is 0. The van der Waals surface area contributed by atoms with Gasteiger partial charge in [-0.05, 0) is 53.2 Å². The van der Waals surface area contributed by atoms with Crippen LogP contribution in [0.5, 0.6) is 0 Å². The van der Waals surface area contributed by atoms with Gasteiger partial charge < -0.3 is 5.32 Å². The van der Waals surface area contributed by atoms with Crippen molar-refractivity contribution in [2.75, 3.05) is 5.32 Å². The normalized spacial score (nSPS) is 14.4. The fourth-order valence-corrected chi connectivity index (χ4v) is 2.34. The van der Waals surface area contributed by atoms with Crippen molar-refractivity contribution in [1.82, 2.24) is 0 Å². The van der Waals surface area contributed by atoms with Crippen molar-refractivity contribution in [3.8, 4) is 0 Å². The summed E-state index contributed by atoms with van der Waals surface area (Å²) in [4.78, 5) is 0. The maximum absolute atomic E-state index is 3.66. The van der Waals surface area contributed by atoms with E-state index in [0.717, 1.165) is 5.92 Å². The standard InChI is InChI=1S/C15H24BrN/c1-5-11(3)10-13(6-2)17-14-9-7-8-12(4)15(14)16/h7-9,11,13,17H,5-6,10H2,1-4H3. The Balaban J connectivity index is 2.70. The average molecular weight is 298 g/mol. The van der Waals surface area contributed by atoms with E-state index in [9.17, 15) is 0 Å². The molecule has 1 aromatic carbocycles. The van der Waals surface area contributed by atoms with Gasteiger partial charge in [-0.3, -0.25) is 0 Å². The van der Waals surface area contributed by atoms with Gasteiger partial charge in [-0.15, -0.1) is 0 Å². The molecular weight excluding hydrogens is 274 g/mol. The maximum atomic E-state index is 3.66. The quantitative estimate of drug-likeness (QED) is 0.743. The third-order valence-corrected chi connectivity index (χ3v) is 4.48. The molecule has 17 heavy (non-hydrogen) atoms. The highest BCUT2D eigenvalue weighted by Crippen LogP contribution is 2.27. The molecule has 0 spiro atoms. The van der Waals surface area contributed by atoms with Gasteiger partial charge in [0.25, 0.3) is 0 Å². The highest BCUT2D eigenvalue weighted by atomic mass is 79.9. The topological polar surface area (TPSA) is 12.0 Å². The third kappa shape index (κ3) is 4.34. The Morgan fingerprint density at radius 1 is 1.24 bits per heavy atom. The van der Waals surface area contributed by atoms with E-state index >= 15 is 0 Å². The summed E-state index contributed by atoms with van der Waals surface area (Å²) in [6, 6.07) is 6.96. The van der Waals surface area contributed by atoms with Crippen LogP contribution in [-0.2, 0) is 0 Å². The van der Waals surface area contributed by atoms with E-state index in [1.54, 1.807) is 0 Å². The lowest BCUT2D eigenvalue weighted by molar-refractivity contribution is 0.461. The molecule has 2 atom stereocenters. The SMILES string of the molecule is CCC(C)CC(CC)Nc1cccc(C)c1Br. The van der Waals surface area contributed by atoms with Crippen LogP contribution in [0.15, 0.2) is 22.7 Å². The van der Waals surface area contributed by atoms with Gasteiger partial charge in [0.05, 0.1) is 0 Å². The van der Waals surface area contributed by atoms with Gasteiger partial charge >= 0.3 is 0 Å². The van der Waals surface area contributed by atoms with Gasteiger partial charge in [0.15, 0.2) is 0 Å². The second-order valence-electron chi connectivity index (χ2n) is 4.94. The summed E-state index contributed by atoms with van der Waals surface area (Å²) < 4.78 is 1.20. The number of halogens is 1. The fraction of sp³-hybridized carbons (Fsp3) is 0.600. The molecule has 0 saturated heterocycles. The lowest BCUT2D eigenvalue weighted by atomic mass is 9.97.